The van der Waals surface area contributed by atoms with Crippen LogP contribution in [0.5, 0.6) is 17.2 Å². The van der Waals surface area contributed by atoms with Gasteiger partial charge in [0.05, 0.1) is 32.7 Å². The highest BCUT2D eigenvalue weighted by Gasteiger charge is 2.33. The fourth-order valence-corrected chi connectivity index (χ4v) is 4.49. The highest BCUT2D eigenvalue weighted by Crippen LogP contribution is 2.43. The van der Waals surface area contributed by atoms with Crippen LogP contribution < -0.4 is 24.8 Å². The number of Topliss-reactive ketones (excluding diaryl/α,β-unsaturated/α-hetero) is 1. The van der Waals surface area contributed by atoms with Crippen molar-refractivity contribution >= 4 is 17.2 Å². The molecule has 162 valence electrons. The van der Waals surface area contributed by atoms with E-state index in [1.165, 1.54) is 0 Å². The van der Waals surface area contributed by atoms with Crippen molar-refractivity contribution in [2.24, 2.45) is 5.92 Å². The second-order valence-corrected chi connectivity index (χ2v) is 7.99. The van der Waals surface area contributed by atoms with Crippen molar-refractivity contribution in [3.63, 3.8) is 0 Å². The van der Waals surface area contributed by atoms with E-state index in [9.17, 15) is 4.79 Å². The molecule has 6 nitrogen and oxygen atoms in total. The van der Waals surface area contributed by atoms with Crippen molar-refractivity contribution in [3.8, 4) is 17.2 Å². The fourth-order valence-electron chi connectivity index (χ4n) is 4.49. The Morgan fingerprint density at radius 1 is 0.967 bits per heavy atom. The number of nitrogen functional groups attached to an aromatic ring is 1. The molecular formula is C24H32N2O4. The average Bonchev–Trinajstić information content (AvgIpc) is 2.77. The van der Waals surface area contributed by atoms with Crippen LogP contribution in [-0.4, -0.2) is 41.2 Å². The van der Waals surface area contributed by atoms with Crippen molar-refractivity contribution in [3.05, 3.63) is 41.5 Å². The van der Waals surface area contributed by atoms with Gasteiger partial charge < -0.3 is 24.8 Å². The average molecular weight is 413 g/mol. The molecule has 2 aromatic rings. The van der Waals surface area contributed by atoms with Gasteiger partial charge in [-0.3, -0.25) is 4.79 Å². The lowest BCUT2D eigenvalue weighted by atomic mass is 9.72. The number of rotatable bonds is 7. The number of hydrogen-bond acceptors (Lipinski definition) is 6. The van der Waals surface area contributed by atoms with Crippen LogP contribution in [0.25, 0.3) is 0 Å². The summed E-state index contributed by atoms with van der Waals surface area (Å²) in [6.45, 7) is 0. The van der Waals surface area contributed by atoms with Crippen LogP contribution in [0.4, 0.5) is 11.4 Å². The van der Waals surface area contributed by atoms with Crippen LogP contribution in [0.15, 0.2) is 30.3 Å². The molecule has 6 heteroatoms. The predicted molar refractivity (Wildman–Crippen MR) is 120 cm³/mol. The third-order valence-electron chi connectivity index (χ3n) is 6.01. The minimum atomic E-state index is -0.105. The molecule has 0 radical (unpaired) electrons. The Labute approximate surface area is 178 Å². The summed E-state index contributed by atoms with van der Waals surface area (Å²) in [5.74, 6) is 1.62. The molecule has 1 fully saturated rings. The van der Waals surface area contributed by atoms with Crippen molar-refractivity contribution in [1.29, 1.82) is 0 Å². The van der Waals surface area contributed by atoms with E-state index in [0.717, 1.165) is 42.6 Å². The van der Waals surface area contributed by atoms with Gasteiger partial charge in [-0.1, -0.05) is 18.9 Å². The summed E-state index contributed by atoms with van der Waals surface area (Å²) in [6.07, 6.45) is 3.98. The molecule has 2 aromatic carbocycles. The minimum absolute atomic E-state index is 0.105. The van der Waals surface area contributed by atoms with Gasteiger partial charge in [-0.05, 0) is 48.6 Å². The lowest BCUT2D eigenvalue weighted by molar-refractivity contribution is 0.0867. The molecule has 2 unspecified atom stereocenters. The standard InChI is InChI=1S/C24H32N2O4/c1-26(2)20-11-10-15(12-19(20)25)17-8-6-7-9-18(17)23(27)16-13-21(28-3)24(30-5)22(14-16)29-4/h10-14,17-18H,6-9,25H2,1-5H3. The molecule has 30 heavy (non-hydrogen) atoms. The number of methoxy groups -OCH3 is 3. The van der Waals surface area contributed by atoms with Crippen LogP contribution in [0.3, 0.4) is 0 Å². The second-order valence-electron chi connectivity index (χ2n) is 7.99. The van der Waals surface area contributed by atoms with E-state index in [4.69, 9.17) is 19.9 Å². The van der Waals surface area contributed by atoms with Crippen molar-refractivity contribution in [2.75, 3.05) is 46.1 Å². The van der Waals surface area contributed by atoms with E-state index >= 15 is 0 Å². The number of nitrogens with zero attached hydrogens (tertiary/aromatic N) is 1. The van der Waals surface area contributed by atoms with Crippen LogP contribution in [0, 0.1) is 5.92 Å². The highest BCUT2D eigenvalue weighted by molar-refractivity contribution is 5.99. The van der Waals surface area contributed by atoms with E-state index in [2.05, 4.69) is 6.07 Å². The highest BCUT2D eigenvalue weighted by atomic mass is 16.5. The summed E-state index contributed by atoms with van der Waals surface area (Å²) in [5, 5.41) is 0. The number of ketones is 1. The zero-order valence-corrected chi connectivity index (χ0v) is 18.5. The quantitative estimate of drug-likeness (QED) is 0.532. The minimum Gasteiger partial charge on any atom is -0.493 e. The third kappa shape index (κ3) is 4.18. The van der Waals surface area contributed by atoms with Gasteiger partial charge >= 0.3 is 0 Å². The molecule has 1 aliphatic rings. The fraction of sp³-hybridized carbons (Fsp3) is 0.458. The number of carbonyl (C=O) groups excluding carboxylic acids is 1. The maximum atomic E-state index is 13.6. The monoisotopic (exact) mass is 412 g/mol. The number of nitrogens with two attached hydrogens (primary N) is 1. The van der Waals surface area contributed by atoms with Gasteiger partial charge in [-0.25, -0.2) is 0 Å². The third-order valence-corrected chi connectivity index (χ3v) is 6.01. The number of carbonyl (C=O) groups is 1. The first-order valence-corrected chi connectivity index (χ1v) is 10.3. The van der Waals surface area contributed by atoms with Gasteiger partial charge in [0.15, 0.2) is 17.3 Å². The molecule has 0 spiro atoms. The van der Waals surface area contributed by atoms with E-state index in [1.807, 2.05) is 31.1 Å². The summed E-state index contributed by atoms with van der Waals surface area (Å²) in [7, 11) is 8.63. The number of ether oxygens (including phenoxy) is 3. The first kappa shape index (κ1) is 21.8. The number of hydrogen-bond donors (Lipinski definition) is 1. The Kier molecular flexibility index (Phi) is 6.75. The molecule has 0 saturated heterocycles. The molecule has 0 aliphatic heterocycles. The lowest BCUT2D eigenvalue weighted by Gasteiger charge is -2.32. The van der Waals surface area contributed by atoms with Crippen molar-refractivity contribution in [1.82, 2.24) is 0 Å². The van der Waals surface area contributed by atoms with E-state index in [1.54, 1.807) is 33.5 Å². The van der Waals surface area contributed by atoms with E-state index in [0.29, 0.717) is 22.8 Å². The molecule has 1 aliphatic carbocycles. The predicted octanol–water partition coefficient (Wildman–Crippen LogP) is 4.52. The Morgan fingerprint density at radius 2 is 1.60 bits per heavy atom. The molecule has 0 amide bonds. The topological polar surface area (TPSA) is 74.0 Å². The number of benzene rings is 2. The molecule has 0 heterocycles. The SMILES string of the molecule is COc1cc(C(=O)C2CCCCC2c2ccc(N(C)C)c(N)c2)cc(OC)c1OC. The van der Waals surface area contributed by atoms with Crippen molar-refractivity contribution in [2.45, 2.75) is 31.6 Å². The Bertz CT molecular complexity index is 885. The molecule has 2 atom stereocenters. The van der Waals surface area contributed by atoms with Crippen LogP contribution >= 0.6 is 0 Å². The summed E-state index contributed by atoms with van der Waals surface area (Å²) in [4.78, 5) is 15.6. The molecular weight excluding hydrogens is 380 g/mol. The van der Waals surface area contributed by atoms with Gasteiger partial charge in [-0.2, -0.15) is 0 Å². The zero-order valence-electron chi connectivity index (χ0n) is 18.5. The van der Waals surface area contributed by atoms with Crippen LogP contribution in [0.1, 0.15) is 47.5 Å². The number of anilines is 2. The van der Waals surface area contributed by atoms with Gasteiger partial charge in [0.1, 0.15) is 0 Å². The Balaban J connectivity index is 1.97. The molecule has 0 bridgehead atoms. The molecule has 2 N–H and O–H groups in total. The van der Waals surface area contributed by atoms with Gasteiger partial charge in [0, 0.05) is 25.6 Å². The Hall–Kier alpha value is -2.89. The lowest BCUT2D eigenvalue weighted by Crippen LogP contribution is -2.26. The van der Waals surface area contributed by atoms with Gasteiger partial charge in [0.2, 0.25) is 5.75 Å². The summed E-state index contributed by atoms with van der Waals surface area (Å²) >= 11 is 0. The summed E-state index contributed by atoms with van der Waals surface area (Å²) in [6, 6.07) is 9.68. The van der Waals surface area contributed by atoms with Crippen LogP contribution in [0.2, 0.25) is 0 Å². The second kappa shape index (κ2) is 9.28. The maximum absolute atomic E-state index is 13.6. The summed E-state index contributed by atoms with van der Waals surface area (Å²) in [5.41, 5.74) is 9.73. The normalized spacial score (nSPS) is 18.6. The summed E-state index contributed by atoms with van der Waals surface area (Å²) < 4.78 is 16.3. The van der Waals surface area contributed by atoms with Gasteiger partial charge in [0.25, 0.3) is 0 Å². The smallest absolute Gasteiger partial charge is 0.203 e. The largest absolute Gasteiger partial charge is 0.493 e. The van der Waals surface area contributed by atoms with E-state index < -0.39 is 0 Å². The molecule has 3 rings (SSSR count). The van der Waals surface area contributed by atoms with E-state index in [-0.39, 0.29) is 17.6 Å². The molecule has 1 saturated carbocycles. The zero-order chi connectivity index (χ0) is 21.8. The first-order chi connectivity index (χ1) is 14.4. The van der Waals surface area contributed by atoms with Crippen molar-refractivity contribution < 1.29 is 19.0 Å². The Morgan fingerprint density at radius 3 is 2.13 bits per heavy atom. The first-order valence-electron chi connectivity index (χ1n) is 10.3. The molecule has 0 aromatic heterocycles. The maximum Gasteiger partial charge on any atom is 0.203 e. The van der Waals surface area contributed by atoms with Gasteiger partial charge in [-0.15, -0.1) is 0 Å². The van der Waals surface area contributed by atoms with Crippen LogP contribution in [-0.2, 0) is 0 Å².